The molecule has 0 aliphatic heterocycles. The number of rotatable bonds is 6. The molecule has 0 aromatic heterocycles. The highest BCUT2D eigenvalue weighted by molar-refractivity contribution is 5.21. The van der Waals surface area contributed by atoms with Gasteiger partial charge in [0.05, 0.1) is 13.4 Å². The van der Waals surface area contributed by atoms with Crippen LogP contribution in [0.3, 0.4) is 0 Å². The smallest absolute Gasteiger partial charge is 0.0853 e. The lowest BCUT2D eigenvalue weighted by atomic mass is 10.1. The molecule has 90 valence electrons. The van der Waals surface area contributed by atoms with Crippen molar-refractivity contribution < 1.29 is 4.74 Å². The summed E-state index contributed by atoms with van der Waals surface area (Å²) in [6.07, 6.45) is 12.6. The molecule has 0 N–H and O–H groups in total. The van der Waals surface area contributed by atoms with Gasteiger partial charge in [0.15, 0.2) is 0 Å². The zero-order valence-corrected chi connectivity index (χ0v) is 11.2. The zero-order valence-electron chi connectivity index (χ0n) is 11.2. The van der Waals surface area contributed by atoms with Crippen molar-refractivity contribution in [3.05, 3.63) is 47.3 Å². The van der Waals surface area contributed by atoms with Crippen LogP contribution in [0, 0.1) is 0 Å². The monoisotopic (exact) mass is 220 g/mol. The molecular formula is C15H24O. The Morgan fingerprint density at radius 1 is 1.12 bits per heavy atom. The van der Waals surface area contributed by atoms with Gasteiger partial charge >= 0.3 is 0 Å². The Labute approximate surface area is 100 Å². The van der Waals surface area contributed by atoms with Crippen LogP contribution in [0.1, 0.15) is 40.5 Å². The van der Waals surface area contributed by atoms with Crippen molar-refractivity contribution in [2.24, 2.45) is 0 Å². The van der Waals surface area contributed by atoms with Crippen molar-refractivity contribution >= 4 is 0 Å². The van der Waals surface area contributed by atoms with E-state index in [0.717, 1.165) is 18.4 Å². The van der Waals surface area contributed by atoms with Gasteiger partial charge in [0, 0.05) is 0 Å². The van der Waals surface area contributed by atoms with Crippen molar-refractivity contribution in [3.8, 4) is 0 Å². The Bertz CT molecular complexity index is 299. The van der Waals surface area contributed by atoms with E-state index < -0.39 is 0 Å². The summed E-state index contributed by atoms with van der Waals surface area (Å²) in [5.41, 5.74) is 3.91. The third-order valence-electron chi connectivity index (χ3n) is 2.13. The Morgan fingerprint density at radius 2 is 1.81 bits per heavy atom. The first-order chi connectivity index (χ1) is 7.56. The average molecular weight is 220 g/mol. The molecule has 0 bridgehead atoms. The fourth-order valence-electron chi connectivity index (χ4n) is 1.26. The molecule has 0 radical (unpaired) electrons. The maximum absolute atomic E-state index is 4.91. The van der Waals surface area contributed by atoms with Crippen molar-refractivity contribution in [1.82, 2.24) is 0 Å². The van der Waals surface area contributed by atoms with E-state index in [0.29, 0.717) is 0 Å². The van der Waals surface area contributed by atoms with E-state index in [1.54, 1.807) is 13.4 Å². The number of hydrogen-bond donors (Lipinski definition) is 0. The Hall–Kier alpha value is -1.24. The van der Waals surface area contributed by atoms with Crippen LogP contribution in [-0.4, -0.2) is 7.11 Å². The van der Waals surface area contributed by atoms with Gasteiger partial charge in [0.2, 0.25) is 0 Å². The third kappa shape index (κ3) is 9.32. The molecule has 0 saturated heterocycles. The van der Waals surface area contributed by atoms with Gasteiger partial charge in [-0.05, 0) is 46.1 Å². The second-order valence-corrected chi connectivity index (χ2v) is 4.29. The van der Waals surface area contributed by atoms with Gasteiger partial charge in [0.25, 0.3) is 0 Å². The van der Waals surface area contributed by atoms with Crippen molar-refractivity contribution in [2.75, 3.05) is 7.11 Å². The van der Waals surface area contributed by atoms with Crippen molar-refractivity contribution in [2.45, 2.75) is 40.5 Å². The minimum atomic E-state index is 1.12. The lowest BCUT2D eigenvalue weighted by Crippen LogP contribution is -1.76. The van der Waals surface area contributed by atoms with Gasteiger partial charge in [-0.25, -0.2) is 0 Å². The van der Waals surface area contributed by atoms with Crippen LogP contribution in [0.25, 0.3) is 0 Å². The number of hydrogen-bond acceptors (Lipinski definition) is 1. The molecular weight excluding hydrogens is 196 g/mol. The van der Waals surface area contributed by atoms with E-state index in [1.807, 2.05) is 13.0 Å². The highest BCUT2D eigenvalue weighted by atomic mass is 16.5. The highest BCUT2D eigenvalue weighted by Crippen LogP contribution is 2.07. The summed E-state index contributed by atoms with van der Waals surface area (Å²) >= 11 is 0. The first kappa shape index (κ1) is 14.8. The highest BCUT2D eigenvalue weighted by Gasteiger charge is 1.87. The number of ether oxygens (including phenoxy) is 1. The minimum absolute atomic E-state index is 1.12. The number of allylic oxidation sites excluding steroid dienone is 7. The topological polar surface area (TPSA) is 9.23 Å². The van der Waals surface area contributed by atoms with E-state index >= 15 is 0 Å². The molecule has 0 aliphatic rings. The summed E-state index contributed by atoms with van der Waals surface area (Å²) in [6, 6.07) is 0. The van der Waals surface area contributed by atoms with E-state index in [-0.39, 0.29) is 0 Å². The van der Waals surface area contributed by atoms with Crippen LogP contribution in [0.5, 0.6) is 0 Å². The maximum atomic E-state index is 4.91. The molecule has 0 spiro atoms. The van der Waals surface area contributed by atoms with Crippen molar-refractivity contribution in [1.29, 1.82) is 0 Å². The van der Waals surface area contributed by atoms with Crippen LogP contribution in [0.4, 0.5) is 0 Å². The second kappa shape index (κ2) is 9.02. The summed E-state index contributed by atoms with van der Waals surface area (Å²) in [7, 11) is 1.66. The fraction of sp³-hybridized carbons (Fsp3) is 0.467. The average Bonchev–Trinajstić information content (AvgIpc) is 2.17. The molecule has 0 rings (SSSR count). The van der Waals surface area contributed by atoms with Crippen LogP contribution in [-0.2, 0) is 4.74 Å². The molecule has 0 saturated carbocycles. The summed E-state index contributed by atoms with van der Waals surface area (Å²) in [5, 5.41) is 0. The molecule has 0 aromatic rings. The first-order valence-corrected chi connectivity index (χ1v) is 5.73. The lowest BCUT2D eigenvalue weighted by Gasteiger charge is -1.96. The molecule has 1 heteroatoms. The lowest BCUT2D eigenvalue weighted by molar-refractivity contribution is 0.335. The van der Waals surface area contributed by atoms with Crippen molar-refractivity contribution in [3.63, 3.8) is 0 Å². The van der Waals surface area contributed by atoms with Crippen LogP contribution in [0.15, 0.2) is 47.3 Å². The largest absolute Gasteiger partial charge is 0.504 e. The summed E-state index contributed by atoms with van der Waals surface area (Å²) in [5.74, 6) is 0. The summed E-state index contributed by atoms with van der Waals surface area (Å²) in [4.78, 5) is 0. The number of methoxy groups -OCH3 is 1. The fourth-order valence-corrected chi connectivity index (χ4v) is 1.26. The predicted molar refractivity (Wildman–Crippen MR) is 72.3 cm³/mol. The summed E-state index contributed by atoms with van der Waals surface area (Å²) in [6.45, 7) is 8.46. The van der Waals surface area contributed by atoms with Gasteiger partial charge in [-0.1, -0.05) is 35.5 Å². The SMILES string of the molecule is CO/C=C(C)/C=C/C=C(/C)CCC=C(C)C. The van der Waals surface area contributed by atoms with Crippen LogP contribution < -0.4 is 0 Å². The standard InChI is InChI=1S/C15H24O/c1-13(2)8-6-9-14(3)10-7-11-15(4)12-16-5/h7-8,10-12H,6,9H2,1-5H3/b11-7+,14-10-,15-12+. The second-order valence-electron chi connectivity index (χ2n) is 4.29. The molecule has 0 atom stereocenters. The molecule has 0 unspecified atom stereocenters. The summed E-state index contributed by atoms with van der Waals surface area (Å²) < 4.78 is 4.91. The maximum Gasteiger partial charge on any atom is 0.0853 e. The van der Waals surface area contributed by atoms with E-state index in [9.17, 15) is 0 Å². The Morgan fingerprint density at radius 3 is 2.38 bits per heavy atom. The van der Waals surface area contributed by atoms with E-state index in [2.05, 4.69) is 39.0 Å². The van der Waals surface area contributed by atoms with Crippen LogP contribution in [0.2, 0.25) is 0 Å². The molecule has 0 fully saturated rings. The molecule has 0 aliphatic carbocycles. The van der Waals surface area contributed by atoms with Gasteiger partial charge < -0.3 is 4.74 Å². The first-order valence-electron chi connectivity index (χ1n) is 5.73. The predicted octanol–water partition coefficient (Wildman–Crippen LogP) is 4.79. The molecule has 0 amide bonds. The van der Waals surface area contributed by atoms with E-state index in [4.69, 9.17) is 4.74 Å². The van der Waals surface area contributed by atoms with E-state index in [1.165, 1.54) is 11.1 Å². The normalized spacial score (nSPS) is 13.1. The quantitative estimate of drug-likeness (QED) is 0.355. The molecule has 0 heterocycles. The Kier molecular flexibility index (Phi) is 8.32. The van der Waals surface area contributed by atoms with Crippen LogP contribution >= 0.6 is 0 Å². The van der Waals surface area contributed by atoms with Gasteiger partial charge in [-0.15, -0.1) is 0 Å². The zero-order chi connectivity index (χ0) is 12.4. The third-order valence-corrected chi connectivity index (χ3v) is 2.13. The Balaban J connectivity index is 4.04. The van der Waals surface area contributed by atoms with Gasteiger partial charge in [0.1, 0.15) is 0 Å². The molecule has 0 aromatic carbocycles. The van der Waals surface area contributed by atoms with Gasteiger partial charge in [-0.3, -0.25) is 0 Å². The molecule has 1 nitrogen and oxygen atoms in total. The minimum Gasteiger partial charge on any atom is -0.504 e. The van der Waals surface area contributed by atoms with Gasteiger partial charge in [-0.2, -0.15) is 0 Å². The molecule has 16 heavy (non-hydrogen) atoms.